The van der Waals surface area contributed by atoms with Crippen molar-refractivity contribution in [3.63, 3.8) is 0 Å². The van der Waals surface area contributed by atoms with E-state index in [2.05, 4.69) is 86.8 Å². The summed E-state index contributed by atoms with van der Waals surface area (Å²) in [6.45, 7) is 4.70. The van der Waals surface area contributed by atoms with Gasteiger partial charge in [-0.25, -0.2) is 0 Å². The van der Waals surface area contributed by atoms with Crippen molar-refractivity contribution in [1.82, 2.24) is 0 Å². The summed E-state index contributed by atoms with van der Waals surface area (Å²) >= 11 is 0. The van der Waals surface area contributed by atoms with Crippen LogP contribution in [0.5, 0.6) is 0 Å². The van der Waals surface area contributed by atoms with Crippen molar-refractivity contribution >= 4 is 17.9 Å². The van der Waals surface area contributed by atoms with Crippen LogP contribution in [0.15, 0.2) is 72.9 Å². The number of nitrogens with zero attached hydrogens (tertiary/aromatic N) is 1. The Labute approximate surface area is 570 Å². The number of hydrogen-bond acceptors (Lipinski definition) is 8. The third-order valence-corrected chi connectivity index (χ3v) is 17.7. The van der Waals surface area contributed by atoms with Crippen molar-refractivity contribution in [2.45, 2.75) is 392 Å². The maximum absolute atomic E-state index is 13.0. The predicted octanol–water partition coefficient (Wildman–Crippen LogP) is 23.9. The molecule has 0 spiro atoms. The zero-order chi connectivity index (χ0) is 66.8. The highest BCUT2D eigenvalue weighted by Crippen LogP contribution is 2.20. The molecule has 0 saturated heterocycles. The van der Waals surface area contributed by atoms with Crippen LogP contribution in [0.2, 0.25) is 0 Å². The fraction of sp³-hybridized carbons (Fsp3) is 0.819. The van der Waals surface area contributed by atoms with Crippen LogP contribution in [0.25, 0.3) is 0 Å². The van der Waals surface area contributed by atoms with Crippen molar-refractivity contribution in [1.29, 1.82) is 0 Å². The van der Waals surface area contributed by atoms with Crippen molar-refractivity contribution < 1.29 is 42.9 Å². The monoisotopic (exact) mass is 1290 g/mol. The summed E-state index contributed by atoms with van der Waals surface area (Å²) in [5.74, 6) is -2.26. The van der Waals surface area contributed by atoms with Gasteiger partial charge in [-0.15, -0.1) is 0 Å². The second-order valence-corrected chi connectivity index (χ2v) is 28.0. The molecule has 0 radical (unpaired) electrons. The van der Waals surface area contributed by atoms with E-state index in [0.717, 1.165) is 70.6 Å². The van der Waals surface area contributed by atoms with Gasteiger partial charge < -0.3 is 33.3 Å². The SMILES string of the molecule is CC/C=C\C/C=C\C/C=C\C/C=C\C/C=C\C/C=C\CCCCCCCCCCCCCCCCCCC(=O)OC(COC(=O)CCCCCCCCCCCCCCCCCCCCCCCCCCCCCCCCCC)COC(OCC[N+](C)(C)C)C(=O)[O-]. The maximum Gasteiger partial charge on any atom is 0.306 e. The second-order valence-electron chi connectivity index (χ2n) is 28.0. The molecule has 0 saturated carbocycles. The number of carbonyl (C=O) groups excluding carboxylic acids is 3. The van der Waals surface area contributed by atoms with Crippen LogP contribution in [-0.2, 0) is 33.3 Å². The lowest BCUT2D eigenvalue weighted by atomic mass is 10.0. The third-order valence-electron chi connectivity index (χ3n) is 17.7. The van der Waals surface area contributed by atoms with Crippen LogP contribution in [-0.4, -0.2) is 82.3 Å². The molecule has 0 fully saturated rings. The van der Waals surface area contributed by atoms with Gasteiger partial charge in [-0.3, -0.25) is 9.59 Å². The van der Waals surface area contributed by atoms with Crippen molar-refractivity contribution in [2.75, 3.05) is 47.5 Å². The number of rotatable bonds is 74. The lowest BCUT2D eigenvalue weighted by Gasteiger charge is -2.26. The van der Waals surface area contributed by atoms with Crippen LogP contribution in [0.4, 0.5) is 0 Å². The number of likely N-dealkylation sites (N-methyl/N-ethyl adjacent to an activating group) is 1. The number of aliphatic carboxylic acids is 1. The quantitative estimate of drug-likeness (QED) is 0.0195. The van der Waals surface area contributed by atoms with Gasteiger partial charge in [0.25, 0.3) is 0 Å². The summed E-state index contributed by atoms with van der Waals surface area (Å²) < 4.78 is 22.9. The zero-order valence-electron chi connectivity index (χ0n) is 61.4. The molecule has 2 atom stereocenters. The van der Waals surface area contributed by atoms with E-state index in [9.17, 15) is 19.5 Å². The average molecular weight is 1290 g/mol. The van der Waals surface area contributed by atoms with E-state index in [4.69, 9.17) is 18.9 Å². The van der Waals surface area contributed by atoms with Crippen LogP contribution in [0.1, 0.15) is 380 Å². The number of carbonyl (C=O) groups is 3. The Morgan fingerprint density at radius 2 is 0.620 bits per heavy atom. The predicted molar refractivity (Wildman–Crippen MR) is 394 cm³/mol. The molecule has 0 amide bonds. The van der Waals surface area contributed by atoms with Crippen molar-refractivity contribution in [2.24, 2.45) is 0 Å². The summed E-state index contributed by atoms with van der Waals surface area (Å²) in [4.78, 5) is 37.6. The third kappa shape index (κ3) is 74.1. The van der Waals surface area contributed by atoms with E-state index in [1.807, 2.05) is 21.1 Å². The minimum Gasteiger partial charge on any atom is -0.545 e. The molecule has 92 heavy (non-hydrogen) atoms. The van der Waals surface area contributed by atoms with Gasteiger partial charge in [0.05, 0.1) is 40.3 Å². The van der Waals surface area contributed by atoms with Crippen molar-refractivity contribution in [3.05, 3.63) is 72.9 Å². The zero-order valence-corrected chi connectivity index (χ0v) is 61.4. The lowest BCUT2D eigenvalue weighted by Crippen LogP contribution is -2.44. The number of esters is 2. The molecule has 0 heterocycles. The first-order valence-electron chi connectivity index (χ1n) is 39.6. The topological polar surface area (TPSA) is 111 Å². The minimum absolute atomic E-state index is 0.149. The number of allylic oxidation sites excluding steroid dienone is 12. The average Bonchev–Trinajstić information content (AvgIpc) is 3.70. The Hall–Kier alpha value is -3.27. The summed E-state index contributed by atoms with van der Waals surface area (Å²) in [5, 5.41) is 11.9. The number of ether oxygens (including phenoxy) is 4. The normalized spacial score (nSPS) is 13.0. The smallest absolute Gasteiger partial charge is 0.306 e. The molecule has 9 heteroatoms. The molecule has 0 N–H and O–H groups in total. The molecule has 0 bridgehead atoms. The van der Waals surface area contributed by atoms with Gasteiger partial charge >= 0.3 is 11.9 Å². The molecule has 0 aromatic carbocycles. The Kier molecular flexibility index (Phi) is 70.9. The maximum atomic E-state index is 13.0. The molecule has 0 aromatic rings. The highest BCUT2D eigenvalue weighted by molar-refractivity contribution is 5.70. The molecule has 2 unspecified atom stereocenters. The Morgan fingerprint density at radius 1 is 0.337 bits per heavy atom. The van der Waals surface area contributed by atoms with E-state index >= 15 is 0 Å². The van der Waals surface area contributed by atoms with Gasteiger partial charge in [-0.05, 0) is 64.2 Å². The number of hydrogen-bond donors (Lipinski definition) is 0. The van der Waals surface area contributed by atoms with Crippen LogP contribution < -0.4 is 5.11 Å². The fourth-order valence-electron chi connectivity index (χ4n) is 11.7. The fourth-order valence-corrected chi connectivity index (χ4v) is 11.7. The van der Waals surface area contributed by atoms with Gasteiger partial charge in [0, 0.05) is 12.8 Å². The standard InChI is InChI=1S/C83H151NO8/c1-6-8-10-12-14-16-18-20-22-24-26-28-30-32-34-36-38-40-41-42-44-46-48-50-52-54-56-58-60-62-64-66-68-70-72-74-81(86)92-79(78-91-83(82(87)88)89-76-75-84(3,4)5)77-90-80(85)73-71-69-67-65-63-61-59-57-55-53-51-49-47-45-43-39-37-35-33-31-29-27-25-23-21-19-17-15-13-11-9-7-2/h8,10,14,16,20,22,26,28,32,34,38,40,79,83H,6-7,9,11-13,15,17-19,21,23-25,27,29-31,33,35-37,39,41-78H2,1-5H3/b10-8-,16-14-,22-20-,28-26-,34-32-,40-38-. The summed E-state index contributed by atoms with van der Waals surface area (Å²) in [5.41, 5.74) is 0. The van der Waals surface area contributed by atoms with Gasteiger partial charge in [-0.1, -0.05) is 376 Å². The second kappa shape index (κ2) is 73.5. The van der Waals surface area contributed by atoms with E-state index in [0.29, 0.717) is 23.9 Å². The summed E-state index contributed by atoms with van der Waals surface area (Å²) in [7, 11) is 5.95. The van der Waals surface area contributed by atoms with E-state index in [-0.39, 0.29) is 32.2 Å². The summed E-state index contributed by atoms with van der Waals surface area (Å²) in [6, 6.07) is 0. The van der Waals surface area contributed by atoms with Crippen LogP contribution in [0, 0.1) is 0 Å². The molecule has 0 aromatic heterocycles. The van der Waals surface area contributed by atoms with Gasteiger partial charge in [0.1, 0.15) is 13.2 Å². The largest absolute Gasteiger partial charge is 0.545 e. The highest BCUT2D eigenvalue weighted by Gasteiger charge is 2.22. The van der Waals surface area contributed by atoms with Crippen LogP contribution >= 0.6 is 0 Å². The molecule has 536 valence electrons. The first-order valence-corrected chi connectivity index (χ1v) is 39.6. The Balaban J connectivity index is 4.01. The Bertz CT molecular complexity index is 1740. The molecule has 9 nitrogen and oxygen atoms in total. The lowest BCUT2D eigenvalue weighted by molar-refractivity contribution is -0.870. The number of quaternary nitrogens is 1. The number of unbranched alkanes of at least 4 members (excludes halogenated alkanes) is 47. The van der Waals surface area contributed by atoms with E-state index in [1.54, 1.807) is 0 Å². The van der Waals surface area contributed by atoms with E-state index in [1.165, 1.54) is 276 Å². The van der Waals surface area contributed by atoms with Crippen LogP contribution in [0.3, 0.4) is 0 Å². The molecule has 0 aliphatic rings. The highest BCUT2D eigenvalue weighted by atomic mass is 16.7. The molecule has 0 aliphatic carbocycles. The molecule has 0 rings (SSSR count). The number of carboxylic acids is 1. The van der Waals surface area contributed by atoms with E-state index < -0.39 is 24.3 Å². The van der Waals surface area contributed by atoms with Gasteiger partial charge in [0.15, 0.2) is 12.4 Å². The number of carboxylic acid groups (broad SMARTS) is 1. The Morgan fingerprint density at radius 3 is 0.924 bits per heavy atom. The first-order chi connectivity index (χ1) is 45.1. The molecular formula is C83H151NO8. The summed E-state index contributed by atoms with van der Waals surface area (Å²) in [6.07, 6.45) is 95.9. The van der Waals surface area contributed by atoms with Crippen molar-refractivity contribution in [3.8, 4) is 0 Å². The minimum atomic E-state index is -1.62. The first kappa shape index (κ1) is 88.7. The molecular weight excluding hydrogens is 1140 g/mol. The van der Waals surface area contributed by atoms with Gasteiger partial charge in [-0.2, -0.15) is 0 Å². The molecule has 0 aliphatic heterocycles. The van der Waals surface area contributed by atoms with Gasteiger partial charge in [0.2, 0.25) is 0 Å².